The number of halogens is 8. The highest BCUT2D eigenvalue weighted by molar-refractivity contribution is 6.33. The van der Waals surface area contributed by atoms with E-state index in [0.717, 1.165) is 23.7 Å². The maximum atomic E-state index is 13.5. The summed E-state index contributed by atoms with van der Waals surface area (Å²) in [6, 6.07) is 11.4. The molecule has 1 fully saturated rings. The molecule has 1 amide bonds. The second kappa shape index (κ2) is 17.7. The molecule has 53 heavy (non-hydrogen) atoms. The molecule has 5 N–H and O–H groups in total. The molecule has 4 heterocycles. The number of benzene rings is 1. The average Bonchev–Trinajstić information content (AvgIpc) is 3.53. The number of anilines is 2. The molecule has 0 radical (unpaired) electrons. The number of hydrogen-bond donors (Lipinski definition) is 4. The van der Waals surface area contributed by atoms with E-state index in [1.807, 2.05) is 31.2 Å². The number of nitrogen functional groups attached to an aromatic ring is 1. The lowest BCUT2D eigenvalue weighted by Gasteiger charge is -2.43. The zero-order valence-corrected chi connectivity index (χ0v) is 28.3. The van der Waals surface area contributed by atoms with Crippen LogP contribution in [0.3, 0.4) is 0 Å². The SMILES string of the molecule is CCOc1ncccc1-c1ccc(N2CCN(C(=O)c3ccc(F)cc3Cl)C[C@H]2CC)c(-c2nc(N)n[nH]2)n1.O=C(O)C(F)(F)F.O=C(O)C(F)(F)F. The van der Waals surface area contributed by atoms with Crippen molar-refractivity contribution >= 4 is 41.1 Å². The lowest BCUT2D eigenvalue weighted by molar-refractivity contribution is -0.193. The normalized spacial score (nSPS) is 14.3. The number of carboxylic acids is 2. The number of aliphatic carboxylic acids is 2. The predicted octanol–water partition coefficient (Wildman–Crippen LogP) is 5.71. The molecular formula is C31H30ClF7N8O6. The van der Waals surface area contributed by atoms with Gasteiger partial charge in [0.25, 0.3) is 5.91 Å². The van der Waals surface area contributed by atoms with E-state index in [0.29, 0.717) is 49.3 Å². The largest absolute Gasteiger partial charge is 0.490 e. The lowest BCUT2D eigenvalue weighted by Crippen LogP contribution is -2.55. The first-order valence-electron chi connectivity index (χ1n) is 15.2. The van der Waals surface area contributed by atoms with Gasteiger partial charge in [0, 0.05) is 31.9 Å². The van der Waals surface area contributed by atoms with Gasteiger partial charge in [-0.05, 0) is 55.8 Å². The molecule has 0 bridgehead atoms. The quantitative estimate of drug-likeness (QED) is 0.167. The molecule has 1 aromatic carbocycles. The van der Waals surface area contributed by atoms with Crippen molar-refractivity contribution in [2.24, 2.45) is 0 Å². The number of carbonyl (C=O) groups is 3. The number of nitrogens with two attached hydrogens (primary N) is 1. The van der Waals surface area contributed by atoms with Crippen LogP contribution in [0.25, 0.3) is 22.8 Å². The Hall–Kier alpha value is -5.73. The monoisotopic (exact) mass is 778 g/mol. The van der Waals surface area contributed by atoms with Crippen LogP contribution in [0, 0.1) is 5.82 Å². The third kappa shape index (κ3) is 11.1. The Morgan fingerprint density at radius 2 is 1.64 bits per heavy atom. The molecule has 1 aliphatic rings. The van der Waals surface area contributed by atoms with Crippen LogP contribution in [0.5, 0.6) is 5.88 Å². The smallest absolute Gasteiger partial charge is 0.477 e. The number of nitrogens with one attached hydrogen (secondary N) is 1. The Kier molecular flexibility index (Phi) is 13.9. The number of rotatable bonds is 7. The van der Waals surface area contributed by atoms with Gasteiger partial charge in [0.2, 0.25) is 11.8 Å². The summed E-state index contributed by atoms with van der Waals surface area (Å²) in [5.41, 5.74) is 8.93. The fraction of sp³-hybridized carbons (Fsp3) is 0.323. The molecular weight excluding hydrogens is 749 g/mol. The standard InChI is InChI=1S/C27H28ClFN8O2.2C2HF3O2/c1-3-17-15-36(26(38)18-8-7-16(29)14-20(18)28)12-13-37(17)22-10-9-21(19-6-5-11-31-25(19)39-4-2)32-23(22)24-33-27(30)35-34-24;2*3-2(4,5)1(6)7/h5-11,14,17H,3-4,12-13,15H2,1-2H3,(H3,30,33,34,35);2*(H,6,7)/t17-;;/m1../s1. The van der Waals surface area contributed by atoms with E-state index < -0.39 is 30.1 Å². The average molecular weight is 779 g/mol. The third-order valence-electron chi connectivity index (χ3n) is 7.13. The summed E-state index contributed by atoms with van der Waals surface area (Å²) < 4.78 is 82.7. The molecule has 3 aromatic heterocycles. The Labute approximate surface area is 300 Å². The Morgan fingerprint density at radius 3 is 2.17 bits per heavy atom. The predicted molar refractivity (Wildman–Crippen MR) is 175 cm³/mol. The van der Waals surface area contributed by atoms with Gasteiger partial charge in [0.15, 0.2) is 5.82 Å². The van der Waals surface area contributed by atoms with E-state index in [-0.39, 0.29) is 28.5 Å². The lowest BCUT2D eigenvalue weighted by atomic mass is 10.0. The van der Waals surface area contributed by atoms with Gasteiger partial charge < -0.3 is 30.5 Å². The van der Waals surface area contributed by atoms with E-state index in [2.05, 4.69) is 32.0 Å². The fourth-order valence-corrected chi connectivity index (χ4v) is 5.01. The molecule has 0 unspecified atom stereocenters. The molecule has 0 aliphatic carbocycles. The van der Waals surface area contributed by atoms with Gasteiger partial charge in [0.1, 0.15) is 11.5 Å². The number of aromatic amines is 1. The van der Waals surface area contributed by atoms with Gasteiger partial charge in [0.05, 0.1) is 34.1 Å². The number of piperazine rings is 1. The van der Waals surface area contributed by atoms with Crippen LogP contribution in [-0.2, 0) is 9.59 Å². The van der Waals surface area contributed by atoms with Crippen LogP contribution < -0.4 is 15.4 Å². The number of alkyl halides is 6. The molecule has 1 saturated heterocycles. The number of nitrogens with zero attached hydrogens (tertiary/aromatic N) is 6. The fourth-order valence-electron chi connectivity index (χ4n) is 4.77. The van der Waals surface area contributed by atoms with Crippen LogP contribution in [0.2, 0.25) is 5.02 Å². The minimum Gasteiger partial charge on any atom is -0.477 e. The van der Waals surface area contributed by atoms with Crippen molar-refractivity contribution in [1.82, 2.24) is 30.0 Å². The molecule has 4 aromatic rings. The Morgan fingerprint density at radius 1 is 1.00 bits per heavy atom. The van der Waals surface area contributed by atoms with Gasteiger partial charge >= 0.3 is 24.3 Å². The molecule has 0 spiro atoms. The Balaban J connectivity index is 0.000000458. The molecule has 5 rings (SSSR count). The molecule has 286 valence electrons. The highest BCUT2D eigenvalue weighted by Crippen LogP contribution is 2.35. The summed E-state index contributed by atoms with van der Waals surface area (Å²) in [6.07, 6.45) is -7.73. The zero-order valence-electron chi connectivity index (χ0n) is 27.5. The number of carbonyl (C=O) groups excluding carboxylic acids is 1. The number of ether oxygens (including phenoxy) is 1. The van der Waals surface area contributed by atoms with Crippen LogP contribution in [0.1, 0.15) is 30.6 Å². The van der Waals surface area contributed by atoms with Crippen molar-refractivity contribution in [3.63, 3.8) is 0 Å². The summed E-state index contributed by atoms with van der Waals surface area (Å²) in [7, 11) is 0. The molecule has 0 saturated carbocycles. The summed E-state index contributed by atoms with van der Waals surface area (Å²) in [4.78, 5) is 48.7. The van der Waals surface area contributed by atoms with Crippen molar-refractivity contribution in [3.05, 3.63) is 65.1 Å². The molecule has 1 atom stereocenters. The van der Waals surface area contributed by atoms with Crippen molar-refractivity contribution in [2.75, 3.05) is 36.9 Å². The highest BCUT2D eigenvalue weighted by atomic mass is 35.5. The third-order valence-corrected chi connectivity index (χ3v) is 7.44. The van der Waals surface area contributed by atoms with Crippen LogP contribution in [0.4, 0.5) is 42.4 Å². The van der Waals surface area contributed by atoms with Gasteiger partial charge in [-0.25, -0.2) is 23.9 Å². The van der Waals surface area contributed by atoms with E-state index in [4.69, 9.17) is 46.9 Å². The topological polar surface area (TPSA) is 201 Å². The van der Waals surface area contributed by atoms with Crippen molar-refractivity contribution in [2.45, 2.75) is 38.7 Å². The first kappa shape index (κ1) is 41.7. The van der Waals surface area contributed by atoms with Gasteiger partial charge in [-0.15, -0.1) is 5.10 Å². The molecule has 14 nitrogen and oxygen atoms in total. The highest BCUT2D eigenvalue weighted by Gasteiger charge is 2.39. The summed E-state index contributed by atoms with van der Waals surface area (Å²) in [5, 5.41) is 21.2. The second-order valence-corrected chi connectivity index (χ2v) is 11.0. The van der Waals surface area contributed by atoms with Gasteiger partial charge in [-0.1, -0.05) is 18.5 Å². The first-order valence-corrected chi connectivity index (χ1v) is 15.5. The molecule has 22 heteroatoms. The minimum absolute atomic E-state index is 0.0223. The maximum absolute atomic E-state index is 13.5. The van der Waals surface area contributed by atoms with Crippen molar-refractivity contribution in [3.8, 4) is 28.7 Å². The number of amides is 1. The summed E-state index contributed by atoms with van der Waals surface area (Å²) in [5.74, 6) is -5.20. The summed E-state index contributed by atoms with van der Waals surface area (Å²) in [6.45, 7) is 5.88. The van der Waals surface area contributed by atoms with Crippen molar-refractivity contribution < 1.29 is 60.1 Å². The van der Waals surface area contributed by atoms with Crippen molar-refractivity contribution in [1.29, 1.82) is 0 Å². The van der Waals surface area contributed by atoms with Crippen LogP contribution in [0.15, 0.2) is 48.7 Å². The van der Waals surface area contributed by atoms with Crippen LogP contribution in [-0.4, -0.2) is 103 Å². The summed E-state index contributed by atoms with van der Waals surface area (Å²) >= 11 is 6.18. The number of H-pyrrole nitrogens is 1. The number of hydrogen-bond acceptors (Lipinski definition) is 10. The zero-order chi connectivity index (χ0) is 39.7. The van der Waals surface area contributed by atoms with Crippen LogP contribution >= 0.6 is 11.6 Å². The Bertz CT molecular complexity index is 1890. The van der Waals surface area contributed by atoms with E-state index in [1.54, 1.807) is 11.1 Å². The first-order chi connectivity index (χ1) is 24.8. The minimum atomic E-state index is -5.08. The van der Waals surface area contributed by atoms with Gasteiger partial charge in [-0.2, -0.15) is 31.3 Å². The van der Waals surface area contributed by atoms with E-state index in [1.165, 1.54) is 12.1 Å². The number of carboxylic acid groups (broad SMARTS) is 2. The number of aromatic nitrogens is 5. The molecule has 1 aliphatic heterocycles. The number of pyridine rings is 2. The second-order valence-electron chi connectivity index (χ2n) is 10.6. The van der Waals surface area contributed by atoms with E-state index in [9.17, 15) is 35.5 Å². The maximum Gasteiger partial charge on any atom is 0.490 e. The van der Waals surface area contributed by atoms with E-state index >= 15 is 0 Å². The van der Waals surface area contributed by atoms with Gasteiger partial charge in [-0.3, -0.25) is 9.89 Å².